The smallest absolute Gasteiger partial charge is 0.252 e. The molecule has 2 aromatic carbocycles. The largest absolute Gasteiger partial charge is 0.494 e. The van der Waals surface area contributed by atoms with Crippen LogP contribution >= 0.6 is 0 Å². The van der Waals surface area contributed by atoms with Gasteiger partial charge < -0.3 is 9.72 Å². The fourth-order valence-corrected chi connectivity index (χ4v) is 3.99. The number of aromatic amines is 1. The highest BCUT2D eigenvalue weighted by Crippen LogP contribution is 2.21. The van der Waals surface area contributed by atoms with Crippen molar-refractivity contribution in [2.75, 3.05) is 6.61 Å². The van der Waals surface area contributed by atoms with Gasteiger partial charge in [-0.15, -0.1) is 5.10 Å². The van der Waals surface area contributed by atoms with Crippen LogP contribution in [0.1, 0.15) is 50.2 Å². The normalized spacial score (nSPS) is 11.9. The molecule has 0 aliphatic rings. The monoisotopic (exact) mass is 460 g/mol. The van der Waals surface area contributed by atoms with E-state index in [0.717, 1.165) is 28.0 Å². The van der Waals surface area contributed by atoms with Crippen LogP contribution in [-0.4, -0.2) is 36.7 Å². The first-order valence-corrected chi connectivity index (χ1v) is 11.6. The van der Waals surface area contributed by atoms with Crippen LogP contribution in [0.15, 0.2) is 53.3 Å². The fraction of sp³-hybridized carbons (Fsp3) is 0.385. The first-order valence-electron chi connectivity index (χ1n) is 11.6. The van der Waals surface area contributed by atoms with Gasteiger partial charge in [0.2, 0.25) is 0 Å². The average Bonchev–Trinajstić information content (AvgIpc) is 3.25. The van der Waals surface area contributed by atoms with Gasteiger partial charge in [0.15, 0.2) is 5.82 Å². The van der Waals surface area contributed by atoms with Crippen molar-refractivity contribution in [1.82, 2.24) is 30.1 Å². The second kappa shape index (κ2) is 9.77. The maximum absolute atomic E-state index is 12.9. The van der Waals surface area contributed by atoms with Crippen LogP contribution in [-0.2, 0) is 25.2 Å². The van der Waals surface area contributed by atoms with E-state index >= 15 is 0 Å². The Morgan fingerprint density at radius 1 is 1.03 bits per heavy atom. The van der Waals surface area contributed by atoms with Crippen LogP contribution in [0, 0.1) is 6.92 Å². The Labute approximate surface area is 199 Å². The van der Waals surface area contributed by atoms with E-state index in [9.17, 15) is 4.79 Å². The highest BCUT2D eigenvalue weighted by atomic mass is 16.5. The number of nitrogens with zero attached hydrogens (tertiary/aromatic N) is 5. The number of aryl methyl sites for hydroxylation is 1. The Kier molecular flexibility index (Phi) is 6.79. The molecule has 0 aliphatic heterocycles. The second-order valence-electron chi connectivity index (χ2n) is 9.61. The number of hydrogen-bond acceptors (Lipinski definition) is 6. The molecule has 0 unspecified atom stereocenters. The summed E-state index contributed by atoms with van der Waals surface area (Å²) in [7, 11) is 0. The average molecular weight is 461 g/mol. The number of hydrogen-bond donors (Lipinski definition) is 1. The molecule has 4 rings (SSSR count). The fourth-order valence-electron chi connectivity index (χ4n) is 3.99. The summed E-state index contributed by atoms with van der Waals surface area (Å²) in [5.74, 6) is 1.55. The number of aromatic nitrogens is 5. The molecule has 4 aromatic rings. The lowest BCUT2D eigenvalue weighted by atomic mass is 10.1. The van der Waals surface area contributed by atoms with Gasteiger partial charge in [-0.2, -0.15) is 0 Å². The van der Waals surface area contributed by atoms with Gasteiger partial charge in [-0.05, 0) is 74.9 Å². The molecule has 0 bridgehead atoms. The Bertz CT molecular complexity index is 1320. The SMILES string of the molecule is CCOc1ccc2[nH]c(=O)c(CN(Cc3ccc(C)cc3)Cc3nnnn3C(C)(C)C)cc2c1. The molecule has 2 aromatic heterocycles. The third kappa shape index (κ3) is 5.51. The maximum Gasteiger partial charge on any atom is 0.252 e. The summed E-state index contributed by atoms with van der Waals surface area (Å²) in [6, 6.07) is 16.1. The van der Waals surface area contributed by atoms with E-state index in [0.29, 0.717) is 31.8 Å². The van der Waals surface area contributed by atoms with Gasteiger partial charge in [0.25, 0.3) is 5.56 Å². The van der Waals surface area contributed by atoms with E-state index in [1.54, 1.807) is 0 Å². The molecule has 0 saturated carbocycles. The van der Waals surface area contributed by atoms with Crippen molar-refractivity contribution in [1.29, 1.82) is 0 Å². The molecule has 178 valence electrons. The Morgan fingerprint density at radius 3 is 2.50 bits per heavy atom. The lowest BCUT2D eigenvalue weighted by Gasteiger charge is -2.25. The lowest BCUT2D eigenvalue weighted by Crippen LogP contribution is -2.31. The van der Waals surface area contributed by atoms with E-state index in [1.165, 1.54) is 5.56 Å². The molecule has 34 heavy (non-hydrogen) atoms. The van der Waals surface area contributed by atoms with Gasteiger partial charge in [0, 0.05) is 29.6 Å². The minimum Gasteiger partial charge on any atom is -0.494 e. The van der Waals surface area contributed by atoms with Crippen molar-refractivity contribution in [2.24, 2.45) is 0 Å². The summed E-state index contributed by atoms with van der Waals surface area (Å²) in [4.78, 5) is 18.2. The summed E-state index contributed by atoms with van der Waals surface area (Å²) in [5, 5.41) is 13.3. The zero-order chi connectivity index (χ0) is 24.3. The minimum absolute atomic E-state index is 0.0963. The quantitative estimate of drug-likeness (QED) is 0.424. The van der Waals surface area contributed by atoms with Gasteiger partial charge in [-0.1, -0.05) is 29.8 Å². The van der Waals surface area contributed by atoms with E-state index in [2.05, 4.69) is 77.4 Å². The molecule has 0 amide bonds. The molecule has 0 saturated heterocycles. The van der Waals surface area contributed by atoms with Crippen LogP contribution in [0.4, 0.5) is 0 Å². The first kappa shape index (κ1) is 23.6. The number of ether oxygens (including phenoxy) is 1. The molecule has 0 aliphatic carbocycles. The topological polar surface area (TPSA) is 88.9 Å². The predicted molar refractivity (Wildman–Crippen MR) is 133 cm³/mol. The molecular weight excluding hydrogens is 428 g/mol. The van der Waals surface area contributed by atoms with Gasteiger partial charge in [-0.3, -0.25) is 9.69 Å². The van der Waals surface area contributed by atoms with Crippen molar-refractivity contribution < 1.29 is 4.74 Å². The molecule has 8 nitrogen and oxygen atoms in total. The van der Waals surface area contributed by atoms with E-state index in [1.807, 2.05) is 35.9 Å². The molecule has 0 radical (unpaired) electrons. The van der Waals surface area contributed by atoms with Crippen LogP contribution in [0.3, 0.4) is 0 Å². The number of pyridine rings is 1. The van der Waals surface area contributed by atoms with Crippen molar-refractivity contribution in [3.05, 3.63) is 81.4 Å². The van der Waals surface area contributed by atoms with Crippen LogP contribution in [0.25, 0.3) is 10.9 Å². The van der Waals surface area contributed by atoms with E-state index < -0.39 is 0 Å². The number of H-pyrrole nitrogens is 1. The highest BCUT2D eigenvalue weighted by Gasteiger charge is 2.22. The molecule has 0 spiro atoms. The standard InChI is InChI=1S/C26H32N6O2/c1-6-34-22-11-12-23-20(14-22)13-21(25(33)27-23)16-31(15-19-9-7-18(2)8-10-19)17-24-28-29-30-32(24)26(3,4)5/h7-14H,6,15-17H2,1-5H3,(H,27,33). The number of nitrogens with one attached hydrogen (secondary N) is 1. The molecule has 2 heterocycles. The second-order valence-corrected chi connectivity index (χ2v) is 9.61. The Hall–Kier alpha value is -3.52. The van der Waals surface area contributed by atoms with Gasteiger partial charge in [0.1, 0.15) is 5.75 Å². The zero-order valence-electron chi connectivity index (χ0n) is 20.5. The third-order valence-electron chi connectivity index (χ3n) is 5.66. The molecule has 0 fully saturated rings. The summed E-state index contributed by atoms with van der Waals surface area (Å²) in [6.45, 7) is 12.5. The summed E-state index contributed by atoms with van der Waals surface area (Å²) in [6.07, 6.45) is 0. The molecular formula is C26H32N6O2. The Balaban J connectivity index is 1.68. The molecule has 1 N–H and O–H groups in total. The van der Waals surface area contributed by atoms with Crippen LogP contribution in [0.5, 0.6) is 5.75 Å². The number of benzene rings is 2. The number of tetrazole rings is 1. The zero-order valence-corrected chi connectivity index (χ0v) is 20.5. The summed E-state index contributed by atoms with van der Waals surface area (Å²) >= 11 is 0. The van der Waals surface area contributed by atoms with Crippen molar-refractivity contribution in [3.63, 3.8) is 0 Å². The first-order chi connectivity index (χ1) is 16.2. The van der Waals surface area contributed by atoms with Gasteiger partial charge in [0.05, 0.1) is 18.7 Å². The number of rotatable bonds is 8. The van der Waals surface area contributed by atoms with Crippen molar-refractivity contribution in [3.8, 4) is 5.75 Å². The lowest BCUT2D eigenvalue weighted by molar-refractivity contribution is 0.223. The Morgan fingerprint density at radius 2 is 1.79 bits per heavy atom. The molecule has 0 atom stereocenters. The highest BCUT2D eigenvalue weighted by molar-refractivity contribution is 5.80. The van der Waals surface area contributed by atoms with E-state index in [-0.39, 0.29) is 11.1 Å². The van der Waals surface area contributed by atoms with Crippen molar-refractivity contribution >= 4 is 10.9 Å². The number of fused-ring (bicyclic) bond motifs is 1. The predicted octanol–water partition coefficient (Wildman–Crippen LogP) is 4.18. The summed E-state index contributed by atoms with van der Waals surface area (Å²) < 4.78 is 7.48. The molecule has 8 heteroatoms. The minimum atomic E-state index is -0.246. The van der Waals surface area contributed by atoms with Gasteiger partial charge in [-0.25, -0.2) is 4.68 Å². The van der Waals surface area contributed by atoms with Crippen LogP contribution < -0.4 is 10.3 Å². The summed E-state index contributed by atoms with van der Waals surface area (Å²) in [5.41, 5.74) is 3.51. The maximum atomic E-state index is 12.9. The van der Waals surface area contributed by atoms with Crippen molar-refractivity contribution in [2.45, 2.75) is 59.8 Å². The van der Waals surface area contributed by atoms with E-state index in [4.69, 9.17) is 4.74 Å². The third-order valence-corrected chi connectivity index (χ3v) is 5.66. The van der Waals surface area contributed by atoms with Gasteiger partial charge >= 0.3 is 0 Å². The van der Waals surface area contributed by atoms with Crippen LogP contribution in [0.2, 0.25) is 0 Å².